The molecule has 3 nitrogen and oxygen atoms in total. The molecular formula is C15H30N2O. The highest BCUT2D eigenvalue weighted by Crippen LogP contribution is 2.34. The van der Waals surface area contributed by atoms with Crippen LogP contribution in [0.4, 0.5) is 0 Å². The number of rotatable bonds is 4. The van der Waals surface area contributed by atoms with Gasteiger partial charge in [0.2, 0.25) is 0 Å². The normalized spacial score (nSPS) is 28.2. The molecule has 106 valence electrons. The van der Waals surface area contributed by atoms with Gasteiger partial charge in [-0.2, -0.15) is 0 Å². The Morgan fingerprint density at radius 3 is 2.50 bits per heavy atom. The van der Waals surface area contributed by atoms with Gasteiger partial charge < -0.3 is 15.0 Å². The summed E-state index contributed by atoms with van der Waals surface area (Å²) in [4.78, 5) is 2.69. The summed E-state index contributed by atoms with van der Waals surface area (Å²) in [7, 11) is 1.85. The van der Waals surface area contributed by atoms with E-state index in [1.54, 1.807) is 0 Å². The van der Waals surface area contributed by atoms with Gasteiger partial charge in [0.25, 0.3) is 0 Å². The lowest BCUT2D eigenvalue weighted by atomic mass is 9.77. The molecule has 0 saturated carbocycles. The number of hydrogen-bond acceptors (Lipinski definition) is 3. The molecule has 2 aliphatic heterocycles. The molecule has 2 rings (SSSR count). The van der Waals surface area contributed by atoms with Crippen molar-refractivity contribution in [1.29, 1.82) is 0 Å². The van der Waals surface area contributed by atoms with E-state index in [0.29, 0.717) is 10.8 Å². The van der Waals surface area contributed by atoms with E-state index in [1.165, 1.54) is 45.3 Å². The molecule has 0 aromatic rings. The smallest absolute Gasteiger partial charge is 0.0531 e. The second kappa shape index (κ2) is 5.89. The van der Waals surface area contributed by atoms with Crippen molar-refractivity contribution < 1.29 is 4.74 Å². The number of likely N-dealkylation sites (tertiary alicyclic amines) is 1. The maximum absolute atomic E-state index is 5.52. The van der Waals surface area contributed by atoms with Crippen LogP contribution in [0.25, 0.3) is 0 Å². The summed E-state index contributed by atoms with van der Waals surface area (Å²) in [6, 6.07) is 0. The van der Waals surface area contributed by atoms with Crippen LogP contribution in [0.3, 0.4) is 0 Å². The van der Waals surface area contributed by atoms with Gasteiger partial charge >= 0.3 is 0 Å². The predicted octanol–water partition coefficient (Wildman–Crippen LogP) is 2.12. The summed E-state index contributed by atoms with van der Waals surface area (Å²) >= 11 is 0. The van der Waals surface area contributed by atoms with Crippen LogP contribution in [0.2, 0.25) is 0 Å². The van der Waals surface area contributed by atoms with Crippen molar-refractivity contribution in [2.75, 3.05) is 46.4 Å². The van der Waals surface area contributed by atoms with E-state index >= 15 is 0 Å². The fraction of sp³-hybridized carbons (Fsp3) is 1.00. The number of piperidine rings is 2. The van der Waals surface area contributed by atoms with Crippen LogP contribution in [0.1, 0.15) is 39.5 Å². The van der Waals surface area contributed by atoms with Crippen LogP contribution in [0.15, 0.2) is 0 Å². The third kappa shape index (κ3) is 3.69. The molecule has 0 unspecified atom stereocenters. The molecule has 0 radical (unpaired) electrons. The highest BCUT2D eigenvalue weighted by Gasteiger charge is 2.36. The Hall–Kier alpha value is -0.120. The van der Waals surface area contributed by atoms with Crippen molar-refractivity contribution in [1.82, 2.24) is 10.2 Å². The lowest BCUT2D eigenvalue weighted by Crippen LogP contribution is -2.50. The molecule has 0 aliphatic carbocycles. The topological polar surface area (TPSA) is 24.5 Å². The van der Waals surface area contributed by atoms with Gasteiger partial charge in [-0.25, -0.2) is 0 Å². The summed E-state index contributed by atoms with van der Waals surface area (Å²) in [6.07, 6.45) is 5.26. The zero-order chi connectivity index (χ0) is 13.1. The first-order valence-corrected chi connectivity index (χ1v) is 7.47. The Kier molecular flexibility index (Phi) is 4.68. The van der Waals surface area contributed by atoms with Crippen LogP contribution >= 0.6 is 0 Å². The molecule has 0 amide bonds. The number of methoxy groups -OCH3 is 1. The van der Waals surface area contributed by atoms with Gasteiger partial charge in [0.1, 0.15) is 0 Å². The number of hydrogen-bond donors (Lipinski definition) is 1. The van der Waals surface area contributed by atoms with Crippen LogP contribution in [-0.4, -0.2) is 51.3 Å². The Morgan fingerprint density at radius 2 is 1.89 bits per heavy atom. The minimum Gasteiger partial charge on any atom is -0.384 e. The van der Waals surface area contributed by atoms with Crippen LogP contribution in [0.5, 0.6) is 0 Å². The standard InChI is InChI=1S/C15H30N2O/c1-14(2)5-4-10-17(11-14)12-15(13-18-3)6-8-16-9-7-15/h16H,4-13H2,1-3H3. The quantitative estimate of drug-likeness (QED) is 0.832. The van der Waals surface area contributed by atoms with Crippen molar-refractivity contribution >= 4 is 0 Å². The lowest BCUT2D eigenvalue weighted by molar-refractivity contribution is 0.00137. The lowest BCUT2D eigenvalue weighted by Gasteiger charge is -2.45. The van der Waals surface area contributed by atoms with E-state index in [0.717, 1.165) is 19.7 Å². The molecule has 0 aromatic carbocycles. The third-order valence-corrected chi connectivity index (χ3v) is 4.65. The first-order chi connectivity index (χ1) is 8.55. The second-order valence-corrected chi connectivity index (χ2v) is 7.16. The molecule has 0 spiro atoms. The first-order valence-electron chi connectivity index (χ1n) is 7.47. The number of ether oxygens (including phenoxy) is 1. The SMILES string of the molecule is COCC1(CN2CCCC(C)(C)C2)CCNCC1. The van der Waals surface area contributed by atoms with Crippen molar-refractivity contribution in [2.24, 2.45) is 10.8 Å². The molecule has 0 aromatic heterocycles. The molecular weight excluding hydrogens is 224 g/mol. The van der Waals surface area contributed by atoms with Gasteiger partial charge in [0.15, 0.2) is 0 Å². The zero-order valence-electron chi connectivity index (χ0n) is 12.4. The summed E-state index contributed by atoms with van der Waals surface area (Å²) in [5.41, 5.74) is 0.896. The monoisotopic (exact) mass is 254 g/mol. The summed E-state index contributed by atoms with van der Waals surface area (Å²) < 4.78 is 5.52. The third-order valence-electron chi connectivity index (χ3n) is 4.65. The molecule has 2 aliphatic rings. The van der Waals surface area contributed by atoms with Gasteiger partial charge in [-0.05, 0) is 50.7 Å². The minimum absolute atomic E-state index is 0.396. The Labute approximate surface area is 112 Å². The first kappa shape index (κ1) is 14.3. The summed E-state index contributed by atoms with van der Waals surface area (Å²) in [6.45, 7) is 11.8. The molecule has 2 heterocycles. The number of nitrogens with zero attached hydrogens (tertiary/aromatic N) is 1. The highest BCUT2D eigenvalue weighted by atomic mass is 16.5. The molecule has 3 heteroatoms. The van der Waals surface area contributed by atoms with E-state index in [-0.39, 0.29) is 0 Å². The van der Waals surface area contributed by atoms with Gasteiger partial charge in [0.05, 0.1) is 6.61 Å². The molecule has 0 atom stereocenters. The van der Waals surface area contributed by atoms with Crippen molar-refractivity contribution in [2.45, 2.75) is 39.5 Å². The van der Waals surface area contributed by atoms with Gasteiger partial charge in [-0.1, -0.05) is 13.8 Å². The van der Waals surface area contributed by atoms with E-state index < -0.39 is 0 Å². The maximum atomic E-state index is 5.52. The Balaban J connectivity index is 1.95. The van der Waals surface area contributed by atoms with Crippen molar-refractivity contribution in [3.63, 3.8) is 0 Å². The van der Waals surface area contributed by atoms with E-state index in [1.807, 2.05) is 7.11 Å². The van der Waals surface area contributed by atoms with Gasteiger partial charge in [0, 0.05) is 25.6 Å². The fourth-order valence-corrected chi connectivity index (χ4v) is 3.77. The summed E-state index contributed by atoms with van der Waals surface area (Å²) in [5, 5.41) is 3.48. The van der Waals surface area contributed by atoms with Crippen LogP contribution < -0.4 is 5.32 Å². The van der Waals surface area contributed by atoms with E-state index in [2.05, 4.69) is 24.1 Å². The molecule has 18 heavy (non-hydrogen) atoms. The Bertz CT molecular complexity index is 254. The maximum Gasteiger partial charge on any atom is 0.0531 e. The summed E-state index contributed by atoms with van der Waals surface area (Å²) in [5.74, 6) is 0. The van der Waals surface area contributed by atoms with Crippen molar-refractivity contribution in [3.8, 4) is 0 Å². The Morgan fingerprint density at radius 1 is 1.17 bits per heavy atom. The average Bonchev–Trinajstić information content (AvgIpc) is 2.29. The van der Waals surface area contributed by atoms with E-state index in [4.69, 9.17) is 4.74 Å². The molecule has 2 fully saturated rings. The predicted molar refractivity (Wildman–Crippen MR) is 75.9 cm³/mol. The van der Waals surface area contributed by atoms with Gasteiger partial charge in [-0.3, -0.25) is 0 Å². The second-order valence-electron chi connectivity index (χ2n) is 7.16. The molecule has 1 N–H and O–H groups in total. The molecule has 2 saturated heterocycles. The fourth-order valence-electron chi connectivity index (χ4n) is 3.77. The number of nitrogens with one attached hydrogen (secondary N) is 1. The van der Waals surface area contributed by atoms with Crippen LogP contribution in [-0.2, 0) is 4.74 Å². The van der Waals surface area contributed by atoms with Gasteiger partial charge in [-0.15, -0.1) is 0 Å². The highest BCUT2D eigenvalue weighted by molar-refractivity contribution is 4.90. The molecule has 0 bridgehead atoms. The zero-order valence-corrected chi connectivity index (χ0v) is 12.4. The van der Waals surface area contributed by atoms with Crippen LogP contribution in [0, 0.1) is 10.8 Å². The average molecular weight is 254 g/mol. The largest absolute Gasteiger partial charge is 0.384 e. The van der Waals surface area contributed by atoms with Crippen molar-refractivity contribution in [3.05, 3.63) is 0 Å². The minimum atomic E-state index is 0.396. The van der Waals surface area contributed by atoms with E-state index in [9.17, 15) is 0 Å².